The van der Waals surface area contributed by atoms with Crippen LogP contribution in [0.3, 0.4) is 0 Å². The fraction of sp³-hybridized carbons (Fsp3) is 0.476. The molecule has 0 spiro atoms. The monoisotopic (exact) mass is 413 g/mol. The molecule has 1 aliphatic heterocycles. The maximum Gasteiger partial charge on any atom is 0.338 e. The van der Waals surface area contributed by atoms with Crippen molar-refractivity contribution >= 4 is 17.6 Å². The Kier molecular flexibility index (Phi) is 7.16. The van der Waals surface area contributed by atoms with E-state index in [0.717, 1.165) is 19.3 Å². The fourth-order valence-electron chi connectivity index (χ4n) is 3.60. The van der Waals surface area contributed by atoms with Crippen LogP contribution in [-0.2, 0) is 9.53 Å². The highest BCUT2D eigenvalue weighted by molar-refractivity contribution is 5.92. The highest BCUT2D eigenvalue weighted by atomic mass is 16.6. The van der Waals surface area contributed by atoms with E-state index in [0.29, 0.717) is 29.4 Å². The molecule has 1 aromatic carbocycles. The average Bonchev–Trinajstić information content (AvgIpc) is 3.20. The van der Waals surface area contributed by atoms with Gasteiger partial charge in [-0.3, -0.25) is 10.1 Å². The lowest BCUT2D eigenvalue weighted by molar-refractivity contribution is -0.384. The van der Waals surface area contributed by atoms with Crippen LogP contribution in [0.15, 0.2) is 41.9 Å². The molecule has 9 nitrogen and oxygen atoms in total. The van der Waals surface area contributed by atoms with E-state index in [2.05, 4.69) is 22.3 Å². The molecule has 9 heteroatoms. The molecule has 1 N–H and O–H groups in total. The van der Waals surface area contributed by atoms with Crippen molar-refractivity contribution in [3.05, 3.63) is 57.5 Å². The van der Waals surface area contributed by atoms with Gasteiger partial charge in [0.25, 0.3) is 5.69 Å². The Bertz CT molecular complexity index is 937. The minimum atomic E-state index is -0.652. The molecule has 0 bridgehead atoms. The van der Waals surface area contributed by atoms with E-state index in [1.54, 1.807) is 23.7 Å². The first-order valence-corrected chi connectivity index (χ1v) is 10.3. The van der Waals surface area contributed by atoms with Gasteiger partial charge in [0.15, 0.2) is 0 Å². The van der Waals surface area contributed by atoms with Crippen LogP contribution in [0.2, 0.25) is 0 Å². The van der Waals surface area contributed by atoms with Gasteiger partial charge < -0.3 is 10.1 Å². The minimum Gasteiger partial charge on any atom is -0.462 e. The molecule has 3 rings (SSSR count). The molecule has 1 atom stereocenters. The van der Waals surface area contributed by atoms with E-state index in [1.165, 1.54) is 37.7 Å². The summed E-state index contributed by atoms with van der Waals surface area (Å²) >= 11 is 0. The predicted octanol–water partition coefficient (Wildman–Crippen LogP) is 4.38. The Morgan fingerprint density at radius 2 is 2.03 bits per heavy atom. The third kappa shape index (κ3) is 4.84. The maximum atomic E-state index is 13.0. The lowest BCUT2D eigenvalue weighted by Gasteiger charge is -2.28. The van der Waals surface area contributed by atoms with Gasteiger partial charge in [-0.2, -0.15) is 10.1 Å². The molecule has 2 aromatic rings. The maximum absolute atomic E-state index is 13.0. The summed E-state index contributed by atoms with van der Waals surface area (Å²) in [4.78, 5) is 27.9. The van der Waals surface area contributed by atoms with Crippen molar-refractivity contribution in [1.29, 1.82) is 0 Å². The predicted molar refractivity (Wildman–Crippen MR) is 112 cm³/mol. The molecule has 2 heterocycles. The van der Waals surface area contributed by atoms with Crippen LogP contribution < -0.4 is 5.32 Å². The summed E-state index contributed by atoms with van der Waals surface area (Å²) < 4.78 is 7.10. The number of ether oxygens (including phenoxy) is 1. The first-order valence-electron chi connectivity index (χ1n) is 10.3. The molecule has 0 unspecified atom stereocenters. The van der Waals surface area contributed by atoms with Gasteiger partial charge in [0.1, 0.15) is 12.4 Å². The summed E-state index contributed by atoms with van der Waals surface area (Å²) in [5.41, 5.74) is 1.49. The smallest absolute Gasteiger partial charge is 0.338 e. The molecule has 0 fully saturated rings. The number of hydrogen-bond acceptors (Lipinski definition) is 7. The summed E-state index contributed by atoms with van der Waals surface area (Å²) in [6.07, 6.45) is 7.96. The molecule has 0 amide bonds. The van der Waals surface area contributed by atoms with E-state index in [9.17, 15) is 14.9 Å². The van der Waals surface area contributed by atoms with Crippen LogP contribution in [0.4, 0.5) is 11.6 Å². The number of anilines is 1. The summed E-state index contributed by atoms with van der Waals surface area (Å²) in [7, 11) is 0. The molecule has 1 aromatic heterocycles. The number of benzene rings is 1. The zero-order valence-electron chi connectivity index (χ0n) is 17.3. The van der Waals surface area contributed by atoms with Crippen molar-refractivity contribution in [1.82, 2.24) is 14.8 Å². The molecular formula is C21H27N5O4. The van der Waals surface area contributed by atoms with Gasteiger partial charge in [0.2, 0.25) is 5.95 Å². The Hall–Kier alpha value is -3.23. The highest BCUT2D eigenvalue weighted by Gasteiger charge is 2.34. The summed E-state index contributed by atoms with van der Waals surface area (Å²) in [5, 5.41) is 18.5. The van der Waals surface area contributed by atoms with Crippen LogP contribution >= 0.6 is 0 Å². The van der Waals surface area contributed by atoms with Crippen LogP contribution in [0.5, 0.6) is 0 Å². The van der Waals surface area contributed by atoms with Crippen molar-refractivity contribution in [3.8, 4) is 0 Å². The van der Waals surface area contributed by atoms with Gasteiger partial charge in [0.05, 0.1) is 17.1 Å². The number of nitro benzene ring substituents is 1. The normalized spacial score (nSPS) is 15.5. The van der Waals surface area contributed by atoms with Gasteiger partial charge in [-0.1, -0.05) is 51.2 Å². The van der Waals surface area contributed by atoms with Gasteiger partial charge in [-0.25, -0.2) is 9.48 Å². The van der Waals surface area contributed by atoms with E-state index in [1.807, 2.05) is 0 Å². The zero-order valence-corrected chi connectivity index (χ0v) is 17.3. The Labute approximate surface area is 175 Å². The quantitative estimate of drug-likeness (QED) is 0.266. The second-order valence-electron chi connectivity index (χ2n) is 7.35. The van der Waals surface area contributed by atoms with E-state index in [4.69, 9.17) is 4.74 Å². The van der Waals surface area contributed by atoms with Gasteiger partial charge in [-0.05, 0) is 18.9 Å². The second-order valence-corrected chi connectivity index (χ2v) is 7.35. The second kappa shape index (κ2) is 10.00. The number of carbonyl (C=O) groups is 1. The molecule has 1 aliphatic rings. The highest BCUT2D eigenvalue weighted by Crippen LogP contribution is 2.36. The molecule has 0 saturated carbocycles. The van der Waals surface area contributed by atoms with Crippen LogP contribution in [0, 0.1) is 10.1 Å². The summed E-state index contributed by atoms with van der Waals surface area (Å²) in [5.74, 6) is 0.0164. The first kappa shape index (κ1) is 21.5. The van der Waals surface area contributed by atoms with Gasteiger partial charge in [0, 0.05) is 17.8 Å². The molecule has 0 aliphatic carbocycles. The van der Waals surface area contributed by atoms with Crippen molar-refractivity contribution in [2.24, 2.45) is 0 Å². The first-order chi connectivity index (χ1) is 14.5. The Morgan fingerprint density at radius 3 is 2.80 bits per heavy atom. The third-order valence-corrected chi connectivity index (χ3v) is 5.14. The topological polar surface area (TPSA) is 112 Å². The minimum absolute atomic E-state index is 0.0508. The van der Waals surface area contributed by atoms with E-state index in [-0.39, 0.29) is 5.69 Å². The SMILES string of the molecule is CCCCCCCCOC(=O)C1=C(C)Nc2ncnn2[C@H]1c1cccc([N+](=O)[O-])c1. The van der Waals surface area contributed by atoms with Gasteiger partial charge >= 0.3 is 5.97 Å². The van der Waals surface area contributed by atoms with Crippen LogP contribution in [-0.4, -0.2) is 32.3 Å². The number of unbranched alkanes of at least 4 members (excludes halogenated alkanes) is 5. The van der Waals surface area contributed by atoms with E-state index < -0.39 is 16.9 Å². The molecular weight excluding hydrogens is 386 g/mol. The molecule has 0 radical (unpaired) electrons. The number of nitrogens with zero attached hydrogens (tertiary/aromatic N) is 4. The number of esters is 1. The lowest BCUT2D eigenvalue weighted by Crippen LogP contribution is -2.29. The lowest BCUT2D eigenvalue weighted by atomic mass is 9.95. The number of nitrogens with one attached hydrogen (secondary N) is 1. The molecule has 0 saturated heterocycles. The molecule has 160 valence electrons. The Balaban J connectivity index is 1.78. The fourth-order valence-corrected chi connectivity index (χ4v) is 3.60. The number of rotatable bonds is 10. The molecule has 30 heavy (non-hydrogen) atoms. The average molecular weight is 413 g/mol. The summed E-state index contributed by atoms with van der Waals surface area (Å²) in [6, 6.07) is 5.56. The number of fused-ring (bicyclic) bond motifs is 1. The number of aromatic nitrogens is 3. The third-order valence-electron chi connectivity index (χ3n) is 5.14. The number of hydrogen-bond donors (Lipinski definition) is 1. The van der Waals surface area contributed by atoms with Crippen molar-refractivity contribution in [2.45, 2.75) is 58.4 Å². The van der Waals surface area contributed by atoms with E-state index >= 15 is 0 Å². The van der Waals surface area contributed by atoms with Gasteiger partial charge in [-0.15, -0.1) is 0 Å². The largest absolute Gasteiger partial charge is 0.462 e. The van der Waals surface area contributed by atoms with Crippen LogP contribution in [0.25, 0.3) is 0 Å². The Morgan fingerprint density at radius 1 is 1.27 bits per heavy atom. The number of carbonyl (C=O) groups excluding carboxylic acids is 1. The number of allylic oxidation sites excluding steroid dienone is 1. The van der Waals surface area contributed by atoms with Crippen molar-refractivity contribution in [2.75, 3.05) is 11.9 Å². The van der Waals surface area contributed by atoms with Crippen molar-refractivity contribution in [3.63, 3.8) is 0 Å². The number of non-ortho nitro benzene ring substituents is 1. The zero-order chi connectivity index (χ0) is 21.5. The summed E-state index contributed by atoms with van der Waals surface area (Å²) in [6.45, 7) is 4.28. The number of nitro groups is 1. The van der Waals surface area contributed by atoms with Crippen molar-refractivity contribution < 1.29 is 14.5 Å². The standard InChI is InChI=1S/C21H27N5O4/c1-3-4-5-6-7-8-12-30-20(27)18-15(2)24-21-22-14-23-25(21)19(18)16-10-9-11-17(13-16)26(28)29/h9-11,13-14,19H,3-8,12H2,1-2H3,(H,22,23,24)/t19-/m0/s1. The van der Waals surface area contributed by atoms with Crippen LogP contribution in [0.1, 0.15) is 64.0 Å².